The Kier molecular flexibility index (Phi) is 13.7. The average Bonchev–Trinajstić information content (AvgIpc) is 1.52. The lowest BCUT2D eigenvalue weighted by molar-refractivity contribution is 0.635. The molecule has 1 aliphatic carbocycles. The van der Waals surface area contributed by atoms with Crippen molar-refractivity contribution in [2.75, 3.05) is 0 Å². The van der Waals surface area contributed by atoms with Crippen LogP contribution in [0.4, 0.5) is 0 Å². The summed E-state index contributed by atoms with van der Waals surface area (Å²) < 4.78 is 20.3. The summed E-state index contributed by atoms with van der Waals surface area (Å²) in [6.07, 6.45) is 0. The van der Waals surface area contributed by atoms with Crippen LogP contribution in [0.1, 0.15) is 30.5 Å². The van der Waals surface area contributed by atoms with Crippen molar-refractivity contribution in [1.29, 1.82) is 0 Å². The molecule has 18 aromatic carbocycles. The minimum atomic E-state index is 0.0131. The van der Waals surface area contributed by atoms with Crippen LogP contribution in [0.5, 0.6) is 0 Å². The van der Waals surface area contributed by atoms with E-state index in [1.165, 1.54) is 268 Å². The number of fused-ring (bicyclic) bond motifs is 43. The van der Waals surface area contributed by atoms with E-state index in [1.807, 2.05) is 11.3 Å². The molecule has 7 aromatic heterocycles. The lowest BCUT2D eigenvalue weighted by Crippen LogP contribution is -2.53. The smallest absolute Gasteiger partial charge is 0.253 e. The molecular formula is C119H71B4N5OS. The third-order valence-electron chi connectivity index (χ3n) is 31.0. The van der Waals surface area contributed by atoms with Gasteiger partial charge in [-0.1, -0.05) is 335 Å². The fraction of sp³-hybridized carbons (Fsp3) is 0.0252. The fourth-order valence-corrected chi connectivity index (χ4v) is 27.4. The lowest BCUT2D eigenvalue weighted by Gasteiger charge is -2.28. The number of rotatable bonds is 2. The van der Waals surface area contributed by atoms with Gasteiger partial charge in [-0.15, -0.1) is 11.3 Å². The fourth-order valence-electron chi connectivity index (χ4n) is 26.2. The summed E-state index contributed by atoms with van der Waals surface area (Å²) in [6.45, 7) is 5.87. The first-order valence-corrected chi connectivity index (χ1v) is 46.5. The molecule has 34 rings (SSSR count). The van der Waals surface area contributed by atoms with Crippen molar-refractivity contribution in [2.45, 2.75) is 19.3 Å². The quantitative estimate of drug-likeness (QED) is 0.159. The van der Waals surface area contributed by atoms with Crippen molar-refractivity contribution in [2.24, 2.45) is 0 Å². The second-order valence-electron chi connectivity index (χ2n) is 37.2. The topological polar surface area (TPSA) is 37.8 Å². The molecule has 0 saturated carbocycles. The molecule has 25 aromatic rings. The molecule has 9 aliphatic rings. The Hall–Kier alpha value is -15.8. The van der Waals surface area contributed by atoms with Gasteiger partial charge in [-0.2, -0.15) is 0 Å². The highest BCUT2D eigenvalue weighted by Gasteiger charge is 2.53. The van der Waals surface area contributed by atoms with Crippen molar-refractivity contribution in [3.05, 3.63) is 411 Å². The van der Waals surface area contributed by atoms with Crippen LogP contribution in [0.3, 0.4) is 0 Å². The van der Waals surface area contributed by atoms with E-state index in [1.54, 1.807) is 0 Å². The molecule has 6 nitrogen and oxygen atoms in total. The Balaban J connectivity index is 0.0000000829. The van der Waals surface area contributed by atoms with E-state index in [-0.39, 0.29) is 18.8 Å². The van der Waals surface area contributed by atoms with E-state index in [9.17, 15) is 0 Å². The lowest BCUT2D eigenvalue weighted by atomic mass is 9.36. The van der Waals surface area contributed by atoms with Gasteiger partial charge in [-0.25, -0.2) is 0 Å². The standard InChI is InChI=1S/C38H23BN2.C29H20BN.C26H14BNO.C26H14BNS/c1-3-11-24(12-4-1)25-19-20-27-28-21-22-30-36-37(28)41(34(27)23-25)33-18-10-8-16-31(33)39(36)35-29-15-7-9-17-32(29)40(38(30)35)26-13-5-2-6-14-26;1-29(2)21-11-5-3-10-19(21)26-25(29)20-16-15-18-17-9-4-7-13-23(17)31-24-14-8-6-12-22(24)30(26)27(20)28(18)31;2*1-4-10-20-15(7-1)16-13-14-18-23-25(16)28(20)21-11-5-3-9-19(21)27(23)24-17-8-2-6-12-22(17)29-26(18)24/h1-23H;3-16H,1-2H3;2*1-14H. The van der Waals surface area contributed by atoms with Crippen LogP contribution >= 0.6 is 11.3 Å². The van der Waals surface area contributed by atoms with Crippen molar-refractivity contribution in [3.63, 3.8) is 0 Å². The number of benzene rings is 18. The Morgan fingerprint density at radius 3 is 1.27 bits per heavy atom. The number of furan rings is 1. The molecule has 0 radical (unpaired) electrons. The molecule has 0 unspecified atom stereocenters. The molecular weight excluding hydrogens is 1590 g/mol. The van der Waals surface area contributed by atoms with Crippen molar-refractivity contribution in [1.82, 2.24) is 22.8 Å². The van der Waals surface area contributed by atoms with Gasteiger partial charge in [0.05, 0.1) is 38.6 Å². The summed E-state index contributed by atoms with van der Waals surface area (Å²) in [5.74, 6) is 1.04. The van der Waals surface area contributed by atoms with Gasteiger partial charge in [0, 0.05) is 114 Å². The van der Waals surface area contributed by atoms with Gasteiger partial charge >= 0.3 is 0 Å². The van der Waals surface area contributed by atoms with Crippen LogP contribution in [0.2, 0.25) is 0 Å². The molecule has 15 heterocycles. The molecule has 0 amide bonds. The van der Waals surface area contributed by atoms with E-state index < -0.39 is 0 Å². The van der Waals surface area contributed by atoms with Crippen LogP contribution in [0, 0.1) is 0 Å². The Morgan fingerprint density at radius 2 is 0.669 bits per heavy atom. The predicted octanol–water partition coefficient (Wildman–Crippen LogP) is 21.8. The molecule has 0 atom stereocenters. The zero-order valence-corrected chi connectivity index (χ0v) is 71.7. The third kappa shape index (κ3) is 8.75. The SMILES string of the molecule is CC1(C)C2=C(B3c4ccccc4-n4c5ccccc5c5ccc2c3c54)c2ccccc21.c1ccc(-c2ccc3c4ccc5c6c4n(c3c2)-c2ccccc2B6c2c-5n(-c3ccccc3)c3ccccc23)cc1.c1ccc2c(c1)B1c3c(oc4ccccc34)-c3ccc4c5ccccc5n-2c4c31.c1ccc2c(c1)B1c3c(sc4ccccc34)-c3ccc4c5ccccc5n-2c4c31. The zero-order valence-electron chi connectivity index (χ0n) is 70.9. The molecule has 0 bridgehead atoms. The van der Waals surface area contributed by atoms with Gasteiger partial charge in [0.2, 0.25) is 13.4 Å². The molecule has 130 heavy (non-hydrogen) atoms. The Morgan fingerprint density at radius 1 is 0.262 bits per heavy atom. The van der Waals surface area contributed by atoms with Crippen LogP contribution in [0.25, 0.3) is 203 Å². The Labute approximate surface area is 753 Å². The average molecular weight is 1660 g/mol. The van der Waals surface area contributed by atoms with Crippen molar-refractivity contribution in [3.8, 4) is 72.6 Å². The van der Waals surface area contributed by atoms with E-state index in [4.69, 9.17) is 4.42 Å². The second-order valence-corrected chi connectivity index (χ2v) is 38.3. The zero-order chi connectivity index (χ0) is 84.5. The minimum Gasteiger partial charge on any atom is -0.457 e. The molecule has 11 heteroatoms. The summed E-state index contributed by atoms with van der Waals surface area (Å²) >= 11 is 1.95. The number of para-hydroxylation sites is 10. The van der Waals surface area contributed by atoms with Gasteiger partial charge in [0.1, 0.15) is 11.3 Å². The summed E-state index contributed by atoms with van der Waals surface area (Å²) in [5.41, 5.74) is 50.4. The van der Waals surface area contributed by atoms with Gasteiger partial charge in [-0.05, 0) is 194 Å². The summed E-state index contributed by atoms with van der Waals surface area (Å²) in [6, 6.07) is 145. The second kappa shape index (κ2) is 25.3. The van der Waals surface area contributed by atoms with E-state index in [2.05, 4.69) is 431 Å². The first-order chi connectivity index (χ1) is 64.4. The highest BCUT2D eigenvalue weighted by Crippen LogP contribution is 2.57. The monoisotopic (exact) mass is 1660 g/mol. The van der Waals surface area contributed by atoms with Crippen LogP contribution in [0.15, 0.2) is 399 Å². The molecule has 0 spiro atoms. The largest absolute Gasteiger partial charge is 0.457 e. The molecule has 8 aliphatic heterocycles. The third-order valence-corrected chi connectivity index (χ3v) is 32.2. The van der Waals surface area contributed by atoms with Crippen LogP contribution in [-0.4, -0.2) is 49.7 Å². The minimum absolute atomic E-state index is 0.0131. The van der Waals surface area contributed by atoms with Gasteiger partial charge in [-0.3, -0.25) is 0 Å². The molecule has 0 N–H and O–H groups in total. The summed E-state index contributed by atoms with van der Waals surface area (Å²) in [7, 11) is 0. The molecule has 596 valence electrons. The van der Waals surface area contributed by atoms with Crippen molar-refractivity contribution < 1.29 is 4.42 Å². The van der Waals surface area contributed by atoms with Crippen LogP contribution < -0.4 is 60.1 Å². The molecule has 0 fully saturated rings. The van der Waals surface area contributed by atoms with Crippen LogP contribution in [-0.2, 0) is 5.41 Å². The normalized spacial score (nSPS) is 14.0. The van der Waals surface area contributed by atoms with E-state index >= 15 is 0 Å². The number of hydrogen-bond acceptors (Lipinski definition) is 2. The maximum atomic E-state index is 6.42. The van der Waals surface area contributed by atoms with E-state index in [0.29, 0.717) is 13.4 Å². The van der Waals surface area contributed by atoms with Gasteiger partial charge in [0.15, 0.2) is 0 Å². The van der Waals surface area contributed by atoms with Crippen molar-refractivity contribution >= 4 is 229 Å². The number of nitrogens with zero attached hydrogens (tertiary/aromatic N) is 5. The highest BCUT2D eigenvalue weighted by atomic mass is 32.1. The number of hydrogen-bond donors (Lipinski definition) is 0. The van der Waals surface area contributed by atoms with Gasteiger partial charge in [0.25, 0.3) is 13.4 Å². The molecule has 0 saturated heterocycles. The first-order valence-electron chi connectivity index (χ1n) is 45.7. The first kappa shape index (κ1) is 70.4. The summed E-state index contributed by atoms with van der Waals surface area (Å²) in [5, 5.41) is 14.7. The number of aromatic nitrogens is 5. The maximum absolute atomic E-state index is 6.42. The Bertz CT molecular complexity index is 9280. The number of thiophene rings is 1. The van der Waals surface area contributed by atoms with E-state index in [0.717, 1.165) is 11.3 Å². The summed E-state index contributed by atoms with van der Waals surface area (Å²) in [4.78, 5) is 1.46. The number of allylic oxidation sites excluding steroid dienone is 1. The highest BCUT2D eigenvalue weighted by molar-refractivity contribution is 7.27. The van der Waals surface area contributed by atoms with Gasteiger partial charge < -0.3 is 27.3 Å². The predicted molar refractivity (Wildman–Crippen MR) is 552 cm³/mol. The maximum Gasteiger partial charge on any atom is 0.253 e.